The van der Waals surface area contributed by atoms with Gasteiger partial charge in [-0.25, -0.2) is 4.39 Å². The molecular weight excluding hydrogens is 237 g/mol. The standard InChI is InChI=1S/C12H14FN3S/c1-8(14-12-16-15-9(2)17-12)7-10-5-3-4-6-11(10)13/h3-6,8H,7H2,1-2H3,(H,14,16). The first kappa shape index (κ1) is 12.0. The molecule has 17 heavy (non-hydrogen) atoms. The Morgan fingerprint density at radius 2 is 2.12 bits per heavy atom. The number of aromatic nitrogens is 2. The van der Waals surface area contributed by atoms with Gasteiger partial charge >= 0.3 is 0 Å². The van der Waals surface area contributed by atoms with E-state index in [2.05, 4.69) is 15.5 Å². The highest BCUT2D eigenvalue weighted by molar-refractivity contribution is 7.15. The van der Waals surface area contributed by atoms with E-state index in [0.717, 1.165) is 10.1 Å². The molecule has 0 aliphatic carbocycles. The maximum absolute atomic E-state index is 13.4. The third kappa shape index (κ3) is 3.23. The molecule has 1 aromatic heterocycles. The predicted octanol–water partition coefficient (Wildman–Crippen LogP) is 3.03. The molecule has 1 atom stereocenters. The molecule has 0 bridgehead atoms. The highest BCUT2D eigenvalue weighted by Gasteiger charge is 2.09. The van der Waals surface area contributed by atoms with Gasteiger partial charge in [0.1, 0.15) is 10.8 Å². The van der Waals surface area contributed by atoms with Crippen LogP contribution in [0.3, 0.4) is 0 Å². The van der Waals surface area contributed by atoms with Gasteiger partial charge in [-0.05, 0) is 31.9 Å². The largest absolute Gasteiger partial charge is 0.357 e. The topological polar surface area (TPSA) is 37.8 Å². The number of benzene rings is 1. The minimum atomic E-state index is -0.158. The Labute approximate surface area is 104 Å². The number of aryl methyl sites for hydroxylation is 1. The van der Waals surface area contributed by atoms with Gasteiger partial charge in [-0.1, -0.05) is 29.5 Å². The summed E-state index contributed by atoms with van der Waals surface area (Å²) in [6, 6.07) is 6.96. The van der Waals surface area contributed by atoms with Gasteiger partial charge in [0.2, 0.25) is 5.13 Å². The summed E-state index contributed by atoms with van der Waals surface area (Å²) >= 11 is 1.50. The van der Waals surface area contributed by atoms with E-state index in [4.69, 9.17) is 0 Å². The number of anilines is 1. The Kier molecular flexibility index (Phi) is 3.68. The molecule has 0 aliphatic heterocycles. The van der Waals surface area contributed by atoms with Gasteiger partial charge in [0, 0.05) is 6.04 Å². The van der Waals surface area contributed by atoms with Crippen LogP contribution in [-0.2, 0) is 6.42 Å². The maximum Gasteiger partial charge on any atom is 0.205 e. The van der Waals surface area contributed by atoms with Crippen LogP contribution < -0.4 is 5.32 Å². The average molecular weight is 251 g/mol. The molecule has 1 N–H and O–H groups in total. The molecule has 3 nitrogen and oxygen atoms in total. The number of nitrogens with zero attached hydrogens (tertiary/aromatic N) is 2. The number of halogens is 1. The van der Waals surface area contributed by atoms with Crippen molar-refractivity contribution < 1.29 is 4.39 Å². The van der Waals surface area contributed by atoms with Crippen LogP contribution in [0, 0.1) is 12.7 Å². The fourth-order valence-corrected chi connectivity index (χ4v) is 2.31. The minimum Gasteiger partial charge on any atom is -0.357 e. The first-order valence-electron chi connectivity index (χ1n) is 5.45. The molecule has 0 saturated carbocycles. The second kappa shape index (κ2) is 5.23. The summed E-state index contributed by atoms with van der Waals surface area (Å²) in [5.74, 6) is -0.158. The van der Waals surface area contributed by atoms with E-state index in [1.165, 1.54) is 17.4 Å². The highest BCUT2D eigenvalue weighted by Crippen LogP contribution is 2.17. The SMILES string of the molecule is Cc1nnc(NC(C)Cc2ccccc2F)s1. The summed E-state index contributed by atoms with van der Waals surface area (Å²) in [7, 11) is 0. The summed E-state index contributed by atoms with van der Waals surface area (Å²) in [5, 5.41) is 12.8. The molecule has 5 heteroatoms. The molecule has 0 fully saturated rings. The molecule has 0 saturated heterocycles. The molecule has 1 aromatic carbocycles. The zero-order valence-electron chi connectivity index (χ0n) is 9.77. The molecule has 0 aliphatic rings. The van der Waals surface area contributed by atoms with Crippen LogP contribution >= 0.6 is 11.3 Å². The molecule has 90 valence electrons. The Bertz CT molecular complexity index is 498. The number of hydrogen-bond acceptors (Lipinski definition) is 4. The van der Waals surface area contributed by atoms with Crippen LogP contribution in [0.1, 0.15) is 17.5 Å². The smallest absolute Gasteiger partial charge is 0.205 e. The van der Waals surface area contributed by atoms with Crippen LogP contribution in [-0.4, -0.2) is 16.2 Å². The average Bonchev–Trinajstić information content (AvgIpc) is 2.67. The van der Waals surface area contributed by atoms with E-state index in [1.54, 1.807) is 12.1 Å². The molecule has 2 aromatic rings. The lowest BCUT2D eigenvalue weighted by Gasteiger charge is -2.12. The van der Waals surface area contributed by atoms with Crippen molar-refractivity contribution >= 4 is 16.5 Å². The van der Waals surface area contributed by atoms with Crippen molar-refractivity contribution in [1.82, 2.24) is 10.2 Å². The van der Waals surface area contributed by atoms with Gasteiger partial charge in [-0.2, -0.15) is 0 Å². The number of hydrogen-bond donors (Lipinski definition) is 1. The van der Waals surface area contributed by atoms with Crippen molar-refractivity contribution in [2.45, 2.75) is 26.3 Å². The summed E-state index contributed by atoms with van der Waals surface area (Å²) in [4.78, 5) is 0. The Hall–Kier alpha value is -1.49. The van der Waals surface area contributed by atoms with E-state index in [1.807, 2.05) is 19.9 Å². The van der Waals surface area contributed by atoms with Gasteiger partial charge in [0.15, 0.2) is 0 Å². The van der Waals surface area contributed by atoms with Crippen molar-refractivity contribution in [2.24, 2.45) is 0 Å². The van der Waals surface area contributed by atoms with Crippen LogP contribution in [0.15, 0.2) is 24.3 Å². The first-order chi connectivity index (χ1) is 8.15. The molecule has 0 amide bonds. The maximum atomic E-state index is 13.4. The van der Waals surface area contributed by atoms with Crippen LogP contribution in [0.4, 0.5) is 9.52 Å². The van der Waals surface area contributed by atoms with Crippen molar-refractivity contribution in [2.75, 3.05) is 5.32 Å². The van der Waals surface area contributed by atoms with E-state index < -0.39 is 0 Å². The van der Waals surface area contributed by atoms with Crippen molar-refractivity contribution in [3.63, 3.8) is 0 Å². The quantitative estimate of drug-likeness (QED) is 0.907. The molecule has 0 spiro atoms. The molecular formula is C12H14FN3S. The number of rotatable bonds is 4. The first-order valence-corrected chi connectivity index (χ1v) is 6.27. The van der Waals surface area contributed by atoms with E-state index in [9.17, 15) is 4.39 Å². The highest BCUT2D eigenvalue weighted by atomic mass is 32.1. The summed E-state index contributed by atoms with van der Waals surface area (Å²) < 4.78 is 13.4. The zero-order chi connectivity index (χ0) is 12.3. The summed E-state index contributed by atoms with van der Waals surface area (Å²) in [6.07, 6.45) is 0.630. The van der Waals surface area contributed by atoms with Gasteiger partial charge in [0.05, 0.1) is 0 Å². The van der Waals surface area contributed by atoms with Crippen molar-refractivity contribution in [3.05, 3.63) is 40.7 Å². The fourth-order valence-electron chi connectivity index (χ4n) is 1.61. The summed E-state index contributed by atoms with van der Waals surface area (Å²) in [6.45, 7) is 3.91. The molecule has 0 radical (unpaired) electrons. The fraction of sp³-hybridized carbons (Fsp3) is 0.333. The third-order valence-corrected chi connectivity index (χ3v) is 3.15. The van der Waals surface area contributed by atoms with E-state index in [0.29, 0.717) is 12.0 Å². The minimum absolute atomic E-state index is 0.124. The number of nitrogens with one attached hydrogen (secondary N) is 1. The van der Waals surface area contributed by atoms with Gasteiger partial charge in [0.25, 0.3) is 0 Å². The lowest BCUT2D eigenvalue weighted by atomic mass is 10.1. The lowest BCUT2D eigenvalue weighted by molar-refractivity contribution is 0.601. The molecule has 2 rings (SSSR count). The van der Waals surface area contributed by atoms with Crippen LogP contribution in [0.2, 0.25) is 0 Å². The summed E-state index contributed by atoms with van der Waals surface area (Å²) in [5.41, 5.74) is 0.716. The Balaban J connectivity index is 1.98. The molecule has 1 heterocycles. The third-order valence-electron chi connectivity index (χ3n) is 2.38. The van der Waals surface area contributed by atoms with Crippen molar-refractivity contribution in [3.8, 4) is 0 Å². The van der Waals surface area contributed by atoms with E-state index >= 15 is 0 Å². The zero-order valence-corrected chi connectivity index (χ0v) is 10.6. The molecule has 1 unspecified atom stereocenters. The van der Waals surface area contributed by atoms with Gasteiger partial charge < -0.3 is 5.32 Å². The van der Waals surface area contributed by atoms with Crippen LogP contribution in [0.5, 0.6) is 0 Å². The lowest BCUT2D eigenvalue weighted by Crippen LogP contribution is -2.18. The second-order valence-corrected chi connectivity index (χ2v) is 5.15. The van der Waals surface area contributed by atoms with Gasteiger partial charge in [-0.15, -0.1) is 10.2 Å². The van der Waals surface area contributed by atoms with Crippen molar-refractivity contribution in [1.29, 1.82) is 0 Å². The Morgan fingerprint density at radius 3 is 2.76 bits per heavy atom. The Morgan fingerprint density at radius 1 is 1.35 bits per heavy atom. The second-order valence-electron chi connectivity index (χ2n) is 3.97. The predicted molar refractivity (Wildman–Crippen MR) is 67.8 cm³/mol. The normalized spacial score (nSPS) is 12.4. The van der Waals surface area contributed by atoms with Gasteiger partial charge in [-0.3, -0.25) is 0 Å². The van der Waals surface area contributed by atoms with Crippen LogP contribution in [0.25, 0.3) is 0 Å². The van der Waals surface area contributed by atoms with E-state index in [-0.39, 0.29) is 11.9 Å². The monoisotopic (exact) mass is 251 g/mol.